The summed E-state index contributed by atoms with van der Waals surface area (Å²) in [5, 5.41) is 16.5. The highest BCUT2D eigenvalue weighted by Gasteiger charge is 2.16. The Bertz CT molecular complexity index is 987. The monoisotopic (exact) mass is 389 g/mol. The molecule has 28 heavy (non-hydrogen) atoms. The molecule has 140 valence electrons. The van der Waals surface area contributed by atoms with Crippen LogP contribution in [0, 0.1) is 17.2 Å². The van der Waals surface area contributed by atoms with Gasteiger partial charge < -0.3 is 10.6 Å². The first kappa shape index (κ1) is 18.4. The molecule has 0 saturated carbocycles. The van der Waals surface area contributed by atoms with Crippen molar-refractivity contribution >= 4 is 17.5 Å². The lowest BCUT2D eigenvalue weighted by Gasteiger charge is -2.14. The molecule has 1 aliphatic heterocycles. The number of hydrogen-bond donors (Lipinski definition) is 2. The van der Waals surface area contributed by atoms with Gasteiger partial charge in [-0.05, 0) is 55.3 Å². The minimum absolute atomic E-state index is 0.595. The van der Waals surface area contributed by atoms with E-state index in [9.17, 15) is 0 Å². The van der Waals surface area contributed by atoms with Crippen molar-refractivity contribution in [3.63, 3.8) is 0 Å². The van der Waals surface area contributed by atoms with Crippen LogP contribution in [0.4, 0.5) is 5.95 Å². The van der Waals surface area contributed by atoms with Gasteiger partial charge >= 0.3 is 0 Å². The average Bonchev–Trinajstić information content (AvgIpc) is 3.27. The number of nitrogens with one attached hydrogen (secondary N) is 2. The summed E-state index contributed by atoms with van der Waals surface area (Å²) in [5.74, 6) is 1.21. The smallest absolute Gasteiger partial charge is 0.223 e. The van der Waals surface area contributed by atoms with E-state index >= 15 is 0 Å². The third-order valence-electron chi connectivity index (χ3n) is 4.94. The third kappa shape index (κ3) is 4.14. The summed E-state index contributed by atoms with van der Waals surface area (Å²) < 4.78 is 0. The molecule has 0 aliphatic carbocycles. The van der Waals surface area contributed by atoms with E-state index in [1.807, 2.05) is 42.6 Å². The molecule has 5 nitrogen and oxygen atoms in total. The van der Waals surface area contributed by atoms with Gasteiger partial charge in [0.25, 0.3) is 0 Å². The van der Waals surface area contributed by atoms with Gasteiger partial charge in [-0.1, -0.05) is 35.9 Å². The number of hydrogen-bond acceptors (Lipinski definition) is 5. The van der Waals surface area contributed by atoms with Crippen LogP contribution < -0.4 is 10.6 Å². The molecule has 2 heterocycles. The standard InChI is InChI=1S/C22H20ClN5/c23-19-7-5-17(6-8-19)20-14-27-22(26-13-16-9-10-25-12-16)28-21(20)18-3-1-15(11-24)2-4-18/h1-8,14,16,25H,9-10,12-13H2,(H,26,27,28). The molecule has 0 spiro atoms. The van der Waals surface area contributed by atoms with Crippen molar-refractivity contribution in [2.24, 2.45) is 5.92 Å². The maximum atomic E-state index is 9.07. The van der Waals surface area contributed by atoms with E-state index in [1.165, 1.54) is 6.42 Å². The van der Waals surface area contributed by atoms with Crippen LogP contribution in [0.2, 0.25) is 5.02 Å². The zero-order valence-electron chi connectivity index (χ0n) is 15.3. The van der Waals surface area contributed by atoms with Crippen molar-refractivity contribution in [3.8, 4) is 28.5 Å². The van der Waals surface area contributed by atoms with E-state index in [4.69, 9.17) is 21.8 Å². The van der Waals surface area contributed by atoms with Crippen molar-refractivity contribution < 1.29 is 0 Å². The molecule has 1 atom stereocenters. The van der Waals surface area contributed by atoms with E-state index in [-0.39, 0.29) is 0 Å². The van der Waals surface area contributed by atoms with Crippen LogP contribution in [0.5, 0.6) is 0 Å². The topological polar surface area (TPSA) is 73.6 Å². The molecule has 4 rings (SSSR count). The molecule has 1 aliphatic rings. The lowest BCUT2D eigenvalue weighted by molar-refractivity contribution is 0.613. The van der Waals surface area contributed by atoms with Gasteiger partial charge in [-0.2, -0.15) is 5.26 Å². The predicted molar refractivity (Wildman–Crippen MR) is 112 cm³/mol. The summed E-state index contributed by atoms with van der Waals surface area (Å²) in [6.45, 7) is 2.94. The molecule has 0 bridgehead atoms. The quantitative estimate of drug-likeness (QED) is 0.678. The Kier molecular flexibility index (Phi) is 5.52. The van der Waals surface area contributed by atoms with Crippen LogP contribution in [0.15, 0.2) is 54.7 Å². The molecule has 3 aromatic rings. The summed E-state index contributed by atoms with van der Waals surface area (Å²) in [5.41, 5.74) is 4.31. The van der Waals surface area contributed by atoms with Gasteiger partial charge in [0.2, 0.25) is 5.95 Å². The van der Waals surface area contributed by atoms with Crippen molar-refractivity contribution in [2.75, 3.05) is 25.0 Å². The molecule has 0 amide bonds. The summed E-state index contributed by atoms with van der Waals surface area (Å²) >= 11 is 6.04. The van der Waals surface area contributed by atoms with Crippen LogP contribution >= 0.6 is 11.6 Å². The molecule has 6 heteroatoms. The average molecular weight is 390 g/mol. The van der Waals surface area contributed by atoms with Gasteiger partial charge in [0, 0.05) is 28.9 Å². The number of nitriles is 1. The zero-order chi connectivity index (χ0) is 19.3. The van der Waals surface area contributed by atoms with Crippen molar-refractivity contribution in [1.29, 1.82) is 5.26 Å². The van der Waals surface area contributed by atoms with Crippen molar-refractivity contribution in [3.05, 3.63) is 65.3 Å². The highest BCUT2D eigenvalue weighted by molar-refractivity contribution is 6.30. The highest BCUT2D eigenvalue weighted by atomic mass is 35.5. The third-order valence-corrected chi connectivity index (χ3v) is 5.19. The fourth-order valence-corrected chi connectivity index (χ4v) is 3.48. The van der Waals surface area contributed by atoms with Crippen molar-refractivity contribution in [1.82, 2.24) is 15.3 Å². The molecule has 1 fully saturated rings. The van der Waals surface area contributed by atoms with E-state index in [0.29, 0.717) is 22.5 Å². The van der Waals surface area contributed by atoms with Crippen LogP contribution in [-0.4, -0.2) is 29.6 Å². The molecule has 2 aromatic carbocycles. The Morgan fingerprint density at radius 1 is 1.11 bits per heavy atom. The molecule has 1 saturated heterocycles. The summed E-state index contributed by atoms with van der Waals surface area (Å²) in [6.07, 6.45) is 3.01. The Morgan fingerprint density at radius 2 is 1.86 bits per heavy atom. The van der Waals surface area contributed by atoms with Crippen molar-refractivity contribution in [2.45, 2.75) is 6.42 Å². The minimum Gasteiger partial charge on any atom is -0.354 e. The van der Waals surface area contributed by atoms with Gasteiger partial charge in [0.15, 0.2) is 0 Å². The van der Waals surface area contributed by atoms with E-state index < -0.39 is 0 Å². The van der Waals surface area contributed by atoms with Crippen LogP contribution in [0.3, 0.4) is 0 Å². The van der Waals surface area contributed by atoms with Crippen LogP contribution in [-0.2, 0) is 0 Å². The second kappa shape index (κ2) is 8.39. The van der Waals surface area contributed by atoms with E-state index in [2.05, 4.69) is 21.7 Å². The fraction of sp³-hybridized carbons (Fsp3) is 0.227. The first-order valence-corrected chi connectivity index (χ1v) is 9.69. The normalized spacial score (nSPS) is 15.9. The highest BCUT2D eigenvalue weighted by Crippen LogP contribution is 2.31. The molecular weight excluding hydrogens is 370 g/mol. The molecule has 2 N–H and O–H groups in total. The number of halogens is 1. The van der Waals surface area contributed by atoms with E-state index in [0.717, 1.165) is 42.0 Å². The molecule has 1 unspecified atom stereocenters. The number of rotatable bonds is 5. The minimum atomic E-state index is 0.595. The van der Waals surface area contributed by atoms with Gasteiger partial charge in [-0.15, -0.1) is 0 Å². The number of anilines is 1. The second-order valence-electron chi connectivity index (χ2n) is 6.89. The molecular formula is C22H20ClN5. The lowest BCUT2D eigenvalue weighted by Crippen LogP contribution is -2.18. The fourth-order valence-electron chi connectivity index (χ4n) is 3.35. The number of nitrogens with zero attached hydrogens (tertiary/aromatic N) is 3. The van der Waals surface area contributed by atoms with Gasteiger partial charge in [-0.25, -0.2) is 9.97 Å². The summed E-state index contributed by atoms with van der Waals surface area (Å²) in [4.78, 5) is 9.33. The second-order valence-corrected chi connectivity index (χ2v) is 7.33. The maximum Gasteiger partial charge on any atom is 0.223 e. The van der Waals surface area contributed by atoms with Crippen LogP contribution in [0.1, 0.15) is 12.0 Å². The van der Waals surface area contributed by atoms with Gasteiger partial charge in [0.1, 0.15) is 0 Å². The Labute approximate surface area is 169 Å². The van der Waals surface area contributed by atoms with Crippen LogP contribution in [0.25, 0.3) is 22.4 Å². The predicted octanol–water partition coefficient (Wildman–Crippen LogP) is 4.36. The zero-order valence-corrected chi connectivity index (χ0v) is 16.1. The first-order valence-electron chi connectivity index (χ1n) is 9.31. The lowest BCUT2D eigenvalue weighted by atomic mass is 10.00. The van der Waals surface area contributed by atoms with Gasteiger partial charge in [0.05, 0.1) is 17.3 Å². The Morgan fingerprint density at radius 3 is 2.54 bits per heavy atom. The number of aromatic nitrogens is 2. The Balaban J connectivity index is 1.69. The SMILES string of the molecule is N#Cc1ccc(-c2nc(NCC3CCNC3)ncc2-c2ccc(Cl)cc2)cc1. The first-order chi connectivity index (χ1) is 13.7. The summed E-state index contributed by atoms with van der Waals surface area (Å²) in [7, 11) is 0. The summed E-state index contributed by atoms with van der Waals surface area (Å²) in [6, 6.07) is 17.3. The van der Waals surface area contributed by atoms with E-state index in [1.54, 1.807) is 12.1 Å². The largest absolute Gasteiger partial charge is 0.354 e. The molecule has 1 aromatic heterocycles. The Hall–Kier alpha value is -2.94. The van der Waals surface area contributed by atoms with Gasteiger partial charge in [-0.3, -0.25) is 0 Å². The number of benzene rings is 2. The maximum absolute atomic E-state index is 9.07. The molecule has 0 radical (unpaired) electrons.